The Morgan fingerprint density at radius 3 is 1.42 bits per heavy atom. The molecule has 1 unspecified atom stereocenters. The van der Waals surface area contributed by atoms with Gasteiger partial charge < -0.3 is 33.9 Å². The second-order valence-electron chi connectivity index (χ2n) is 3.64. The first-order chi connectivity index (χ1) is 9.27. The van der Waals surface area contributed by atoms with E-state index in [-0.39, 0.29) is 6.61 Å². The van der Waals surface area contributed by atoms with Crippen molar-refractivity contribution in [1.29, 1.82) is 0 Å². The Hall–Kier alpha value is -0.280. The van der Waals surface area contributed by atoms with Gasteiger partial charge in [-0.05, 0) is 6.92 Å². The Bertz CT molecular complexity index is 166. The second kappa shape index (κ2) is 15.8. The van der Waals surface area contributed by atoms with Crippen LogP contribution < -0.4 is 0 Å². The molecule has 0 bridgehead atoms. The number of ether oxygens (including phenoxy) is 5. The van der Waals surface area contributed by atoms with Gasteiger partial charge in [-0.2, -0.15) is 0 Å². The predicted octanol–water partition coefficient (Wildman–Crippen LogP) is -0.600. The molecule has 0 aromatic rings. The van der Waals surface area contributed by atoms with Crippen molar-refractivity contribution in [3.8, 4) is 0 Å². The molecule has 0 radical (unpaired) electrons. The summed E-state index contributed by atoms with van der Waals surface area (Å²) in [7, 11) is 0. The van der Waals surface area contributed by atoms with Crippen LogP contribution in [0.3, 0.4) is 0 Å². The van der Waals surface area contributed by atoms with Crippen LogP contribution in [0.4, 0.5) is 0 Å². The molecule has 0 amide bonds. The lowest BCUT2D eigenvalue weighted by atomic mass is 10.7. The Kier molecular flexibility index (Phi) is 15.5. The lowest BCUT2D eigenvalue weighted by molar-refractivity contribution is -0.102. The van der Waals surface area contributed by atoms with Gasteiger partial charge in [0, 0.05) is 0 Å². The molecular formula is C12H26O7. The Morgan fingerprint density at radius 1 is 0.684 bits per heavy atom. The Balaban J connectivity index is 2.91. The van der Waals surface area contributed by atoms with Gasteiger partial charge in [0.25, 0.3) is 0 Å². The number of hydrogen-bond donors (Lipinski definition) is 2. The monoisotopic (exact) mass is 282 g/mol. The van der Waals surface area contributed by atoms with Gasteiger partial charge in [-0.1, -0.05) is 0 Å². The van der Waals surface area contributed by atoms with Gasteiger partial charge in [-0.3, -0.25) is 0 Å². The van der Waals surface area contributed by atoms with Gasteiger partial charge in [-0.15, -0.1) is 0 Å². The second-order valence-corrected chi connectivity index (χ2v) is 3.64. The van der Waals surface area contributed by atoms with E-state index in [1.54, 1.807) is 6.92 Å². The molecule has 0 spiro atoms. The van der Waals surface area contributed by atoms with Gasteiger partial charge in [0.2, 0.25) is 0 Å². The molecule has 0 aliphatic carbocycles. The van der Waals surface area contributed by atoms with Crippen molar-refractivity contribution >= 4 is 0 Å². The third kappa shape index (κ3) is 17.7. The van der Waals surface area contributed by atoms with Crippen LogP contribution in [-0.4, -0.2) is 82.6 Å². The number of rotatable bonds is 15. The largest absolute Gasteiger partial charge is 0.394 e. The Labute approximate surface area is 114 Å². The average molecular weight is 282 g/mol. The molecule has 7 heteroatoms. The van der Waals surface area contributed by atoms with Crippen molar-refractivity contribution in [1.82, 2.24) is 0 Å². The molecule has 0 aliphatic heterocycles. The maximum Gasteiger partial charge on any atom is 0.151 e. The summed E-state index contributed by atoms with van der Waals surface area (Å²) in [5.41, 5.74) is 0. The van der Waals surface area contributed by atoms with E-state index in [1.807, 2.05) is 0 Å². The normalized spacial score (nSPS) is 12.8. The lowest BCUT2D eigenvalue weighted by Crippen LogP contribution is -2.15. The first kappa shape index (κ1) is 18.7. The highest BCUT2D eigenvalue weighted by atomic mass is 16.6. The SMILES string of the molecule is CC(O)OCCOCCOCCOCCOCCO. The van der Waals surface area contributed by atoms with Crippen LogP contribution in [0.2, 0.25) is 0 Å². The molecule has 2 N–H and O–H groups in total. The maximum absolute atomic E-state index is 8.81. The zero-order valence-electron chi connectivity index (χ0n) is 11.6. The van der Waals surface area contributed by atoms with Crippen LogP contribution in [-0.2, 0) is 23.7 Å². The summed E-state index contributed by atoms with van der Waals surface area (Å²) in [5, 5.41) is 17.3. The molecule has 0 aromatic heterocycles. The highest BCUT2D eigenvalue weighted by molar-refractivity contribution is 4.36. The topological polar surface area (TPSA) is 86.6 Å². The van der Waals surface area contributed by atoms with E-state index >= 15 is 0 Å². The van der Waals surface area contributed by atoms with Crippen LogP contribution in [0.5, 0.6) is 0 Å². The molecule has 1 atom stereocenters. The Morgan fingerprint density at radius 2 is 1.05 bits per heavy atom. The molecule has 19 heavy (non-hydrogen) atoms. The third-order valence-electron chi connectivity index (χ3n) is 1.94. The van der Waals surface area contributed by atoms with Crippen molar-refractivity contribution in [2.24, 2.45) is 0 Å². The summed E-state index contributed by atoms with van der Waals surface area (Å²) in [6.07, 6.45) is -0.752. The fourth-order valence-corrected chi connectivity index (χ4v) is 1.10. The minimum Gasteiger partial charge on any atom is -0.394 e. The van der Waals surface area contributed by atoms with E-state index in [4.69, 9.17) is 33.9 Å². The van der Waals surface area contributed by atoms with Crippen LogP contribution in [0.15, 0.2) is 0 Å². The zero-order valence-corrected chi connectivity index (χ0v) is 11.6. The third-order valence-corrected chi connectivity index (χ3v) is 1.94. The van der Waals surface area contributed by atoms with Gasteiger partial charge in [-0.25, -0.2) is 0 Å². The fourth-order valence-electron chi connectivity index (χ4n) is 1.10. The van der Waals surface area contributed by atoms with Crippen LogP contribution in [0, 0.1) is 0 Å². The molecule has 0 aliphatic rings. The fraction of sp³-hybridized carbons (Fsp3) is 1.00. The van der Waals surface area contributed by atoms with Crippen molar-refractivity contribution in [3.63, 3.8) is 0 Å². The van der Waals surface area contributed by atoms with E-state index in [9.17, 15) is 0 Å². The maximum atomic E-state index is 8.81. The summed E-state index contributed by atoms with van der Waals surface area (Å²) in [5.74, 6) is 0. The zero-order chi connectivity index (χ0) is 14.2. The minimum absolute atomic E-state index is 0.0331. The number of aliphatic hydroxyl groups is 2. The first-order valence-corrected chi connectivity index (χ1v) is 6.49. The van der Waals surface area contributed by atoms with Crippen molar-refractivity contribution < 1.29 is 33.9 Å². The van der Waals surface area contributed by atoms with Crippen LogP contribution >= 0.6 is 0 Å². The van der Waals surface area contributed by atoms with Gasteiger partial charge in [0.1, 0.15) is 0 Å². The summed E-state index contributed by atoms with van der Waals surface area (Å²) < 4.78 is 25.6. The number of aliphatic hydroxyl groups excluding tert-OH is 2. The van der Waals surface area contributed by atoms with E-state index in [1.165, 1.54) is 0 Å². The summed E-state index contributed by atoms with van der Waals surface area (Å²) in [6.45, 7) is 5.72. The van der Waals surface area contributed by atoms with Crippen molar-refractivity contribution in [3.05, 3.63) is 0 Å². The number of hydrogen-bond acceptors (Lipinski definition) is 7. The van der Waals surface area contributed by atoms with Gasteiger partial charge in [0.15, 0.2) is 6.29 Å². The highest BCUT2D eigenvalue weighted by Gasteiger charge is 1.95. The summed E-state index contributed by atoms with van der Waals surface area (Å²) in [4.78, 5) is 0. The predicted molar refractivity (Wildman–Crippen MR) is 68.0 cm³/mol. The first-order valence-electron chi connectivity index (χ1n) is 6.49. The van der Waals surface area contributed by atoms with Crippen LogP contribution in [0.25, 0.3) is 0 Å². The molecule has 0 fully saturated rings. The lowest BCUT2D eigenvalue weighted by Gasteiger charge is -2.08. The summed E-state index contributed by atoms with van der Waals surface area (Å²) in [6, 6.07) is 0. The molecule has 7 nitrogen and oxygen atoms in total. The molecule has 0 saturated carbocycles. The van der Waals surface area contributed by atoms with Gasteiger partial charge >= 0.3 is 0 Å². The van der Waals surface area contributed by atoms with Crippen molar-refractivity contribution in [2.75, 3.05) is 66.1 Å². The molecule has 0 saturated heterocycles. The standard InChI is InChI=1S/C12H26O7/c1-12(14)19-11-10-18-9-8-17-7-6-16-5-4-15-3-2-13/h12-14H,2-11H2,1H3. The van der Waals surface area contributed by atoms with Crippen molar-refractivity contribution in [2.45, 2.75) is 13.2 Å². The highest BCUT2D eigenvalue weighted by Crippen LogP contribution is 1.85. The average Bonchev–Trinajstić information content (AvgIpc) is 2.39. The molecule has 0 aromatic carbocycles. The van der Waals surface area contributed by atoms with E-state index in [2.05, 4.69) is 0 Å². The van der Waals surface area contributed by atoms with Gasteiger partial charge in [0.05, 0.1) is 66.1 Å². The molecule has 0 heterocycles. The van der Waals surface area contributed by atoms with Crippen LogP contribution in [0.1, 0.15) is 6.92 Å². The molecule has 0 rings (SSSR count). The van der Waals surface area contributed by atoms with E-state index in [0.29, 0.717) is 59.5 Å². The van der Waals surface area contributed by atoms with E-state index in [0.717, 1.165) is 0 Å². The quantitative estimate of drug-likeness (QED) is 0.306. The minimum atomic E-state index is -0.752. The van der Waals surface area contributed by atoms with E-state index < -0.39 is 6.29 Å². The smallest absolute Gasteiger partial charge is 0.151 e. The molecular weight excluding hydrogens is 256 g/mol. The molecule has 116 valence electrons. The summed E-state index contributed by atoms with van der Waals surface area (Å²) >= 11 is 0.